The third-order valence-corrected chi connectivity index (χ3v) is 5.70. The highest BCUT2D eigenvalue weighted by Crippen LogP contribution is 2.38. The molecule has 1 aromatic rings. The van der Waals surface area contributed by atoms with Crippen LogP contribution < -0.4 is 0 Å². The van der Waals surface area contributed by atoms with Crippen LogP contribution in [0.2, 0.25) is 0 Å². The van der Waals surface area contributed by atoms with E-state index in [4.69, 9.17) is 0 Å². The summed E-state index contributed by atoms with van der Waals surface area (Å²) < 4.78 is 0. The van der Waals surface area contributed by atoms with E-state index in [0.717, 1.165) is 51.7 Å². The Morgan fingerprint density at radius 3 is 2.89 bits per heavy atom. The van der Waals surface area contributed by atoms with Crippen LogP contribution >= 0.6 is 11.3 Å². The van der Waals surface area contributed by atoms with Crippen molar-refractivity contribution in [2.24, 2.45) is 5.41 Å². The van der Waals surface area contributed by atoms with E-state index >= 15 is 0 Å². The zero-order valence-corrected chi connectivity index (χ0v) is 12.0. The molecule has 4 heteroatoms. The van der Waals surface area contributed by atoms with Crippen molar-refractivity contribution in [2.75, 3.05) is 13.1 Å². The molecule has 0 saturated heterocycles. The Morgan fingerprint density at radius 2 is 2.16 bits per heavy atom. The maximum atomic E-state index is 11.7. The largest absolute Gasteiger partial charge is 0.481 e. The van der Waals surface area contributed by atoms with Crippen LogP contribution in [0.25, 0.3) is 0 Å². The van der Waals surface area contributed by atoms with E-state index in [2.05, 4.69) is 16.3 Å². The molecule has 0 radical (unpaired) electrons. The summed E-state index contributed by atoms with van der Waals surface area (Å²) in [6.07, 6.45) is 6.14. The average Bonchev–Trinajstić information content (AvgIpc) is 2.87. The van der Waals surface area contributed by atoms with Gasteiger partial charge in [-0.2, -0.15) is 0 Å². The van der Waals surface area contributed by atoms with E-state index in [1.807, 2.05) is 11.3 Å². The topological polar surface area (TPSA) is 40.5 Å². The van der Waals surface area contributed by atoms with Crippen LogP contribution in [-0.4, -0.2) is 29.1 Å². The van der Waals surface area contributed by atoms with Gasteiger partial charge >= 0.3 is 5.97 Å². The Kier molecular flexibility index (Phi) is 3.63. The van der Waals surface area contributed by atoms with Gasteiger partial charge in [0, 0.05) is 24.5 Å². The van der Waals surface area contributed by atoms with Gasteiger partial charge in [-0.25, -0.2) is 0 Å². The lowest BCUT2D eigenvalue weighted by Gasteiger charge is -2.39. The Bertz CT molecular complexity index is 462. The van der Waals surface area contributed by atoms with Gasteiger partial charge < -0.3 is 5.11 Å². The quantitative estimate of drug-likeness (QED) is 0.924. The molecule has 3 rings (SSSR count). The third kappa shape index (κ3) is 2.56. The molecule has 0 aromatic carbocycles. The standard InChI is InChI=1S/C15H21NO2S/c17-14(18)15(6-2-1-3-7-15)11-16-8-4-13-12(10-16)5-9-19-13/h5,9H,1-4,6-8,10-11H2,(H,17,18). The highest BCUT2D eigenvalue weighted by molar-refractivity contribution is 7.10. The Balaban J connectivity index is 1.71. The predicted molar refractivity (Wildman–Crippen MR) is 76.5 cm³/mol. The molecule has 1 aliphatic heterocycles. The SMILES string of the molecule is O=C(O)C1(CN2CCc3sccc3C2)CCCCC1. The van der Waals surface area contributed by atoms with Crippen molar-refractivity contribution in [3.63, 3.8) is 0 Å². The Morgan fingerprint density at radius 1 is 1.37 bits per heavy atom. The van der Waals surface area contributed by atoms with Crippen LogP contribution in [0.5, 0.6) is 0 Å². The van der Waals surface area contributed by atoms with Crippen molar-refractivity contribution >= 4 is 17.3 Å². The number of hydrogen-bond donors (Lipinski definition) is 1. The smallest absolute Gasteiger partial charge is 0.310 e. The highest BCUT2D eigenvalue weighted by atomic mass is 32.1. The summed E-state index contributed by atoms with van der Waals surface area (Å²) in [5.74, 6) is -0.580. The van der Waals surface area contributed by atoms with Gasteiger partial charge in [-0.3, -0.25) is 9.69 Å². The lowest BCUT2D eigenvalue weighted by molar-refractivity contribution is -0.152. The van der Waals surface area contributed by atoms with Gasteiger partial charge in [-0.05, 0) is 36.3 Å². The van der Waals surface area contributed by atoms with Gasteiger partial charge in [0.1, 0.15) is 0 Å². The molecule has 0 amide bonds. The monoisotopic (exact) mass is 279 g/mol. The van der Waals surface area contributed by atoms with E-state index in [0.29, 0.717) is 0 Å². The molecule has 0 unspecified atom stereocenters. The second-order valence-corrected chi connectivity index (χ2v) is 6.98. The summed E-state index contributed by atoms with van der Waals surface area (Å²) in [6, 6.07) is 2.19. The molecule has 2 heterocycles. The summed E-state index contributed by atoms with van der Waals surface area (Å²) in [7, 11) is 0. The van der Waals surface area contributed by atoms with Crippen LogP contribution in [0.3, 0.4) is 0 Å². The van der Waals surface area contributed by atoms with Crippen molar-refractivity contribution in [3.05, 3.63) is 21.9 Å². The molecular weight excluding hydrogens is 258 g/mol. The second-order valence-electron chi connectivity index (χ2n) is 5.98. The fourth-order valence-electron chi connectivity index (χ4n) is 3.54. The molecule has 1 saturated carbocycles. The molecule has 104 valence electrons. The van der Waals surface area contributed by atoms with E-state index in [9.17, 15) is 9.90 Å². The van der Waals surface area contributed by atoms with Crippen LogP contribution in [0, 0.1) is 5.41 Å². The van der Waals surface area contributed by atoms with Gasteiger partial charge in [0.2, 0.25) is 0 Å². The van der Waals surface area contributed by atoms with Crippen LogP contribution in [-0.2, 0) is 17.8 Å². The molecule has 1 aliphatic carbocycles. The molecule has 19 heavy (non-hydrogen) atoms. The first-order valence-electron chi connectivity index (χ1n) is 7.21. The van der Waals surface area contributed by atoms with Crippen molar-refractivity contribution in [1.29, 1.82) is 0 Å². The number of carboxylic acids is 1. The van der Waals surface area contributed by atoms with Gasteiger partial charge in [0.25, 0.3) is 0 Å². The summed E-state index contributed by atoms with van der Waals surface area (Å²) in [6.45, 7) is 2.69. The van der Waals surface area contributed by atoms with E-state index in [-0.39, 0.29) is 0 Å². The molecule has 0 atom stereocenters. The van der Waals surface area contributed by atoms with Crippen LogP contribution in [0.15, 0.2) is 11.4 Å². The third-order valence-electron chi connectivity index (χ3n) is 4.68. The maximum absolute atomic E-state index is 11.7. The minimum atomic E-state index is -0.580. The molecular formula is C15H21NO2S. The molecule has 0 spiro atoms. The number of nitrogens with zero attached hydrogens (tertiary/aromatic N) is 1. The first-order chi connectivity index (χ1) is 9.20. The Hall–Kier alpha value is -0.870. The zero-order chi connectivity index (χ0) is 13.3. The number of carboxylic acid groups (broad SMARTS) is 1. The second kappa shape index (κ2) is 5.25. The summed E-state index contributed by atoms with van der Waals surface area (Å²) >= 11 is 1.84. The van der Waals surface area contributed by atoms with Crippen molar-refractivity contribution < 1.29 is 9.90 Å². The average molecular weight is 279 g/mol. The fraction of sp³-hybridized carbons (Fsp3) is 0.667. The lowest BCUT2D eigenvalue weighted by atomic mass is 9.73. The number of rotatable bonds is 3. The first-order valence-corrected chi connectivity index (χ1v) is 8.09. The number of aliphatic carboxylic acids is 1. The van der Waals surface area contributed by atoms with Gasteiger partial charge in [-0.15, -0.1) is 11.3 Å². The molecule has 3 nitrogen and oxygen atoms in total. The number of carbonyl (C=O) groups is 1. The maximum Gasteiger partial charge on any atom is 0.310 e. The fourth-order valence-corrected chi connectivity index (χ4v) is 4.43. The molecule has 1 aromatic heterocycles. The van der Waals surface area contributed by atoms with Gasteiger partial charge in [0.05, 0.1) is 5.41 Å². The van der Waals surface area contributed by atoms with Crippen molar-refractivity contribution in [2.45, 2.75) is 45.1 Å². The van der Waals surface area contributed by atoms with E-state index in [1.54, 1.807) is 0 Å². The van der Waals surface area contributed by atoms with E-state index in [1.165, 1.54) is 16.9 Å². The number of fused-ring (bicyclic) bond motifs is 1. The zero-order valence-electron chi connectivity index (χ0n) is 11.2. The first kappa shape index (κ1) is 13.1. The van der Waals surface area contributed by atoms with E-state index < -0.39 is 11.4 Å². The number of hydrogen-bond acceptors (Lipinski definition) is 3. The molecule has 1 N–H and O–H groups in total. The van der Waals surface area contributed by atoms with Crippen molar-refractivity contribution in [3.8, 4) is 0 Å². The molecule has 1 fully saturated rings. The predicted octanol–water partition coefficient (Wildman–Crippen LogP) is 3.14. The van der Waals surface area contributed by atoms with Crippen molar-refractivity contribution in [1.82, 2.24) is 4.90 Å². The molecule has 2 aliphatic rings. The van der Waals surface area contributed by atoms with Gasteiger partial charge in [0.15, 0.2) is 0 Å². The molecule has 0 bridgehead atoms. The normalized spacial score (nSPS) is 22.9. The van der Waals surface area contributed by atoms with Crippen LogP contribution in [0.4, 0.5) is 0 Å². The number of thiophene rings is 1. The Labute approximate surface area is 118 Å². The minimum absolute atomic E-state index is 0.480. The minimum Gasteiger partial charge on any atom is -0.481 e. The summed E-state index contributed by atoms with van der Waals surface area (Å²) in [5.41, 5.74) is 0.929. The van der Waals surface area contributed by atoms with Crippen LogP contribution in [0.1, 0.15) is 42.5 Å². The lowest BCUT2D eigenvalue weighted by Crippen LogP contribution is -2.45. The summed E-state index contributed by atoms with van der Waals surface area (Å²) in [4.78, 5) is 15.6. The van der Waals surface area contributed by atoms with Gasteiger partial charge in [-0.1, -0.05) is 19.3 Å². The summed E-state index contributed by atoms with van der Waals surface area (Å²) in [5, 5.41) is 11.8. The highest BCUT2D eigenvalue weighted by Gasteiger charge is 2.41.